The monoisotopic (exact) mass is 278 g/mol. The van der Waals surface area contributed by atoms with Gasteiger partial charge >= 0.3 is 0 Å². The van der Waals surface area contributed by atoms with Crippen LogP contribution in [0.3, 0.4) is 0 Å². The van der Waals surface area contributed by atoms with Gasteiger partial charge in [-0.2, -0.15) is 0 Å². The van der Waals surface area contributed by atoms with Crippen LogP contribution in [0.2, 0.25) is 5.02 Å². The van der Waals surface area contributed by atoms with Gasteiger partial charge in [-0.3, -0.25) is 4.90 Å². The number of hydrogen-bond acceptors (Lipinski definition) is 5. The summed E-state index contributed by atoms with van der Waals surface area (Å²) in [5.41, 5.74) is 6.74. The van der Waals surface area contributed by atoms with Crippen molar-refractivity contribution in [3.8, 4) is 11.5 Å². The number of nitrogens with zero attached hydrogens (tertiary/aromatic N) is 3. The first-order valence-electron chi connectivity index (χ1n) is 6.27. The summed E-state index contributed by atoms with van der Waals surface area (Å²) in [6.45, 7) is 2.53. The Bertz CT molecular complexity index is 554. The number of aromatic nitrogens is 2. The summed E-state index contributed by atoms with van der Waals surface area (Å²) < 4.78 is 5.66. The predicted molar refractivity (Wildman–Crippen MR) is 72.6 cm³/mol. The van der Waals surface area contributed by atoms with Gasteiger partial charge in [0, 0.05) is 29.7 Å². The van der Waals surface area contributed by atoms with E-state index in [1.807, 2.05) is 12.1 Å². The fourth-order valence-corrected chi connectivity index (χ4v) is 2.35. The molecule has 0 spiro atoms. The summed E-state index contributed by atoms with van der Waals surface area (Å²) in [6.07, 6.45) is 1.03. The van der Waals surface area contributed by atoms with Crippen molar-refractivity contribution in [2.45, 2.75) is 19.0 Å². The van der Waals surface area contributed by atoms with Crippen LogP contribution in [0.5, 0.6) is 0 Å². The highest BCUT2D eigenvalue weighted by Crippen LogP contribution is 2.21. The van der Waals surface area contributed by atoms with Gasteiger partial charge in [0.15, 0.2) is 0 Å². The average molecular weight is 279 g/mol. The van der Waals surface area contributed by atoms with Crippen LogP contribution in [0.15, 0.2) is 28.7 Å². The minimum atomic E-state index is 0.263. The molecule has 1 aromatic heterocycles. The Morgan fingerprint density at radius 2 is 2.11 bits per heavy atom. The van der Waals surface area contributed by atoms with Crippen LogP contribution in [-0.2, 0) is 6.54 Å². The second kappa shape index (κ2) is 5.28. The van der Waals surface area contributed by atoms with Crippen LogP contribution in [-0.4, -0.2) is 34.2 Å². The summed E-state index contributed by atoms with van der Waals surface area (Å²) in [4.78, 5) is 2.23. The van der Waals surface area contributed by atoms with E-state index in [-0.39, 0.29) is 6.04 Å². The van der Waals surface area contributed by atoms with E-state index in [0.717, 1.165) is 25.1 Å². The zero-order valence-electron chi connectivity index (χ0n) is 10.4. The van der Waals surface area contributed by atoms with Crippen LogP contribution < -0.4 is 5.73 Å². The van der Waals surface area contributed by atoms with Crippen molar-refractivity contribution in [2.24, 2.45) is 5.73 Å². The number of likely N-dealkylation sites (tertiary alicyclic amines) is 1. The van der Waals surface area contributed by atoms with Crippen molar-refractivity contribution in [1.29, 1.82) is 0 Å². The van der Waals surface area contributed by atoms with E-state index in [4.69, 9.17) is 21.8 Å². The normalized spacial score (nSPS) is 20.0. The maximum atomic E-state index is 5.87. The molecule has 6 heteroatoms. The van der Waals surface area contributed by atoms with Crippen molar-refractivity contribution in [3.05, 3.63) is 35.2 Å². The van der Waals surface area contributed by atoms with Crippen molar-refractivity contribution in [1.82, 2.24) is 15.1 Å². The third kappa shape index (κ3) is 2.94. The lowest BCUT2D eigenvalue weighted by molar-refractivity contribution is 0.289. The maximum absolute atomic E-state index is 5.87. The minimum absolute atomic E-state index is 0.263. The van der Waals surface area contributed by atoms with Crippen molar-refractivity contribution in [3.63, 3.8) is 0 Å². The maximum Gasteiger partial charge on any atom is 0.247 e. The Labute approximate surface area is 116 Å². The molecule has 1 saturated heterocycles. The predicted octanol–water partition coefficient (Wildman–Crippen LogP) is 1.92. The van der Waals surface area contributed by atoms with Crippen LogP contribution in [0.1, 0.15) is 12.3 Å². The van der Waals surface area contributed by atoms with Crippen molar-refractivity contribution < 1.29 is 4.42 Å². The third-order valence-corrected chi connectivity index (χ3v) is 3.48. The quantitative estimate of drug-likeness (QED) is 0.929. The molecule has 0 bridgehead atoms. The molecule has 1 aromatic carbocycles. The number of halogens is 1. The Hall–Kier alpha value is -1.43. The molecule has 0 radical (unpaired) electrons. The lowest BCUT2D eigenvalue weighted by Crippen LogP contribution is -2.26. The third-order valence-electron chi connectivity index (χ3n) is 3.23. The highest BCUT2D eigenvalue weighted by atomic mass is 35.5. The lowest BCUT2D eigenvalue weighted by Gasteiger charge is -2.11. The van der Waals surface area contributed by atoms with Gasteiger partial charge in [-0.25, -0.2) is 0 Å². The Kier molecular flexibility index (Phi) is 3.50. The lowest BCUT2D eigenvalue weighted by atomic mass is 10.2. The van der Waals surface area contributed by atoms with E-state index in [9.17, 15) is 0 Å². The zero-order chi connectivity index (χ0) is 13.2. The molecule has 5 nitrogen and oxygen atoms in total. The number of nitrogens with two attached hydrogens (primary N) is 1. The molecule has 19 heavy (non-hydrogen) atoms. The van der Waals surface area contributed by atoms with Gasteiger partial charge in [0.2, 0.25) is 11.8 Å². The second-order valence-corrected chi connectivity index (χ2v) is 5.23. The SMILES string of the molecule is N[C@@H]1CCN(Cc2nnc(-c3ccc(Cl)cc3)o2)C1. The smallest absolute Gasteiger partial charge is 0.247 e. The molecule has 2 heterocycles. The largest absolute Gasteiger partial charge is 0.419 e. The van der Waals surface area contributed by atoms with Gasteiger partial charge in [0.05, 0.1) is 6.54 Å². The molecule has 1 aliphatic rings. The number of hydrogen-bond donors (Lipinski definition) is 1. The summed E-state index contributed by atoms with van der Waals surface area (Å²) in [5.74, 6) is 1.15. The molecule has 3 rings (SSSR count). The molecule has 0 unspecified atom stereocenters. The molecule has 100 valence electrons. The first-order valence-corrected chi connectivity index (χ1v) is 6.65. The molecule has 1 fully saturated rings. The van der Waals surface area contributed by atoms with Gasteiger partial charge in [-0.05, 0) is 30.7 Å². The molecular weight excluding hydrogens is 264 g/mol. The van der Waals surface area contributed by atoms with Crippen LogP contribution in [0, 0.1) is 0 Å². The van der Waals surface area contributed by atoms with E-state index < -0.39 is 0 Å². The Morgan fingerprint density at radius 1 is 1.32 bits per heavy atom. The summed E-state index contributed by atoms with van der Waals surface area (Å²) in [5, 5.41) is 8.82. The first kappa shape index (κ1) is 12.6. The van der Waals surface area contributed by atoms with Gasteiger partial charge < -0.3 is 10.2 Å². The fourth-order valence-electron chi connectivity index (χ4n) is 2.22. The van der Waals surface area contributed by atoms with E-state index in [1.54, 1.807) is 12.1 Å². The van der Waals surface area contributed by atoms with Crippen LogP contribution >= 0.6 is 11.6 Å². The molecule has 2 aromatic rings. The second-order valence-electron chi connectivity index (χ2n) is 4.79. The molecule has 2 N–H and O–H groups in total. The Balaban J connectivity index is 1.71. The van der Waals surface area contributed by atoms with Crippen molar-refractivity contribution >= 4 is 11.6 Å². The average Bonchev–Trinajstić information content (AvgIpc) is 3.00. The zero-order valence-corrected chi connectivity index (χ0v) is 11.2. The van der Waals surface area contributed by atoms with E-state index in [1.165, 1.54) is 0 Å². The molecule has 0 aliphatic carbocycles. The summed E-state index contributed by atoms with van der Waals surface area (Å²) in [6, 6.07) is 7.61. The number of rotatable bonds is 3. The van der Waals surface area contributed by atoms with Gasteiger partial charge in [0.1, 0.15) is 0 Å². The standard InChI is InChI=1S/C13H15ClN4O/c14-10-3-1-9(2-4-10)13-17-16-12(19-13)8-18-6-5-11(15)7-18/h1-4,11H,5-8,15H2/t11-/m1/s1. The van der Waals surface area contributed by atoms with Gasteiger partial charge in [0.25, 0.3) is 0 Å². The van der Waals surface area contributed by atoms with E-state index in [0.29, 0.717) is 23.3 Å². The van der Waals surface area contributed by atoms with Crippen molar-refractivity contribution in [2.75, 3.05) is 13.1 Å². The van der Waals surface area contributed by atoms with E-state index in [2.05, 4.69) is 15.1 Å². The molecule has 1 atom stereocenters. The van der Waals surface area contributed by atoms with Gasteiger partial charge in [-0.1, -0.05) is 11.6 Å². The fraction of sp³-hybridized carbons (Fsp3) is 0.385. The number of benzene rings is 1. The summed E-state index contributed by atoms with van der Waals surface area (Å²) in [7, 11) is 0. The molecule has 1 aliphatic heterocycles. The van der Waals surface area contributed by atoms with E-state index >= 15 is 0 Å². The topological polar surface area (TPSA) is 68.2 Å². The molecular formula is C13H15ClN4O. The first-order chi connectivity index (χ1) is 9.20. The molecule has 0 amide bonds. The highest BCUT2D eigenvalue weighted by molar-refractivity contribution is 6.30. The molecule has 0 saturated carbocycles. The summed E-state index contributed by atoms with van der Waals surface area (Å²) >= 11 is 5.85. The van der Waals surface area contributed by atoms with Crippen LogP contribution in [0.25, 0.3) is 11.5 Å². The highest BCUT2D eigenvalue weighted by Gasteiger charge is 2.21. The van der Waals surface area contributed by atoms with Crippen LogP contribution in [0.4, 0.5) is 0 Å². The minimum Gasteiger partial charge on any atom is -0.419 e. The Morgan fingerprint density at radius 3 is 2.79 bits per heavy atom. The van der Waals surface area contributed by atoms with Gasteiger partial charge in [-0.15, -0.1) is 10.2 Å².